The van der Waals surface area contributed by atoms with Crippen molar-refractivity contribution in [1.82, 2.24) is 15.5 Å². The molecule has 1 saturated heterocycles. The number of aromatic amines is 1. The first-order chi connectivity index (χ1) is 9.43. The lowest BCUT2D eigenvalue weighted by atomic mass is 10.2. The maximum absolute atomic E-state index is 12.0. The van der Waals surface area contributed by atoms with Gasteiger partial charge in [-0.3, -0.25) is 9.89 Å². The first-order valence-electron chi connectivity index (χ1n) is 6.35. The predicted octanol–water partition coefficient (Wildman–Crippen LogP) is 0.808. The van der Waals surface area contributed by atoms with Crippen LogP contribution in [-0.2, 0) is 20.2 Å². The third kappa shape index (κ3) is 3.31. The van der Waals surface area contributed by atoms with Crippen LogP contribution in [0.5, 0.6) is 0 Å². The van der Waals surface area contributed by atoms with E-state index in [1.165, 1.54) is 0 Å². The molecule has 2 rings (SSSR count). The lowest BCUT2D eigenvalue weighted by Crippen LogP contribution is -2.32. The number of hydrogen-bond donors (Lipinski definition) is 2. The number of halogens is 1. The van der Waals surface area contributed by atoms with Crippen molar-refractivity contribution in [2.45, 2.75) is 37.2 Å². The number of carbonyl (C=O) groups is 1. The van der Waals surface area contributed by atoms with Crippen molar-refractivity contribution in [3.8, 4) is 0 Å². The Hall–Kier alpha value is -1.12. The molecule has 1 fully saturated rings. The fourth-order valence-electron chi connectivity index (χ4n) is 2.12. The van der Waals surface area contributed by atoms with Crippen molar-refractivity contribution in [2.75, 3.05) is 13.2 Å². The van der Waals surface area contributed by atoms with Crippen LogP contribution in [0.4, 0.5) is 0 Å². The molecule has 0 saturated carbocycles. The second-order valence-corrected chi connectivity index (χ2v) is 7.02. The summed E-state index contributed by atoms with van der Waals surface area (Å²) in [7, 11) is 1.34. The van der Waals surface area contributed by atoms with Gasteiger partial charge in [0.05, 0.1) is 11.8 Å². The molecular formula is C11H16ClN3O4S. The van der Waals surface area contributed by atoms with Crippen LogP contribution in [0.1, 0.15) is 35.9 Å². The van der Waals surface area contributed by atoms with Crippen LogP contribution in [0.2, 0.25) is 0 Å². The van der Waals surface area contributed by atoms with Gasteiger partial charge in [0.15, 0.2) is 5.69 Å². The van der Waals surface area contributed by atoms with E-state index in [2.05, 4.69) is 15.5 Å². The van der Waals surface area contributed by atoms with Crippen molar-refractivity contribution >= 4 is 25.6 Å². The van der Waals surface area contributed by atoms with Crippen molar-refractivity contribution in [1.29, 1.82) is 0 Å². The van der Waals surface area contributed by atoms with Gasteiger partial charge in [0, 0.05) is 23.8 Å². The number of aromatic nitrogens is 2. The molecule has 112 valence electrons. The SMILES string of the molecule is CCc1[nH]nc(C(=O)NCC2CCCO2)c1S(=O)(=O)Cl. The molecule has 0 aromatic carbocycles. The van der Waals surface area contributed by atoms with E-state index in [0.717, 1.165) is 12.8 Å². The lowest BCUT2D eigenvalue weighted by molar-refractivity contribution is 0.0851. The second kappa shape index (κ2) is 6.11. The smallest absolute Gasteiger partial charge is 0.273 e. The van der Waals surface area contributed by atoms with Gasteiger partial charge >= 0.3 is 0 Å². The Balaban J connectivity index is 2.15. The first kappa shape index (κ1) is 15.3. The highest BCUT2D eigenvalue weighted by Gasteiger charge is 2.28. The zero-order valence-corrected chi connectivity index (χ0v) is 12.6. The van der Waals surface area contributed by atoms with Crippen LogP contribution in [0, 0.1) is 0 Å². The minimum Gasteiger partial charge on any atom is -0.376 e. The molecule has 0 spiro atoms. The summed E-state index contributed by atoms with van der Waals surface area (Å²) in [5.74, 6) is -0.573. The highest BCUT2D eigenvalue weighted by molar-refractivity contribution is 8.13. The van der Waals surface area contributed by atoms with Crippen molar-refractivity contribution in [2.24, 2.45) is 0 Å². The van der Waals surface area contributed by atoms with E-state index in [0.29, 0.717) is 25.3 Å². The fraction of sp³-hybridized carbons (Fsp3) is 0.636. The minimum atomic E-state index is -4.03. The van der Waals surface area contributed by atoms with Gasteiger partial charge in [-0.1, -0.05) is 6.92 Å². The molecule has 0 bridgehead atoms. The summed E-state index contributed by atoms with van der Waals surface area (Å²) in [6.07, 6.45) is 2.19. The maximum atomic E-state index is 12.0. The number of rotatable bonds is 5. The highest BCUT2D eigenvalue weighted by atomic mass is 35.7. The summed E-state index contributed by atoms with van der Waals surface area (Å²) >= 11 is 0. The van der Waals surface area contributed by atoms with Gasteiger partial charge < -0.3 is 10.1 Å². The van der Waals surface area contributed by atoms with Gasteiger partial charge in [0.25, 0.3) is 15.0 Å². The van der Waals surface area contributed by atoms with Crippen LogP contribution in [0.3, 0.4) is 0 Å². The van der Waals surface area contributed by atoms with Gasteiger partial charge in [0.2, 0.25) is 0 Å². The van der Waals surface area contributed by atoms with E-state index in [1.54, 1.807) is 6.92 Å². The van der Waals surface area contributed by atoms with E-state index in [1.807, 2.05) is 0 Å². The lowest BCUT2D eigenvalue weighted by Gasteiger charge is -2.10. The quantitative estimate of drug-likeness (QED) is 0.781. The largest absolute Gasteiger partial charge is 0.376 e. The van der Waals surface area contributed by atoms with Crippen molar-refractivity contribution < 1.29 is 17.9 Å². The summed E-state index contributed by atoms with van der Waals surface area (Å²) in [6.45, 7) is 2.76. The monoisotopic (exact) mass is 321 g/mol. The molecule has 1 aromatic rings. The molecule has 1 aliphatic heterocycles. The molecule has 1 amide bonds. The van der Waals surface area contributed by atoms with E-state index in [4.69, 9.17) is 15.4 Å². The molecule has 0 aliphatic carbocycles. The molecule has 1 atom stereocenters. The van der Waals surface area contributed by atoms with Crippen LogP contribution >= 0.6 is 10.7 Å². The molecule has 1 aliphatic rings. The number of nitrogens with one attached hydrogen (secondary N) is 2. The normalized spacial score (nSPS) is 19.2. The van der Waals surface area contributed by atoms with Crippen LogP contribution in [-0.4, -0.2) is 43.8 Å². The zero-order chi connectivity index (χ0) is 14.8. The van der Waals surface area contributed by atoms with Gasteiger partial charge in [-0.15, -0.1) is 0 Å². The number of hydrogen-bond acceptors (Lipinski definition) is 5. The molecular weight excluding hydrogens is 306 g/mol. The van der Waals surface area contributed by atoms with Gasteiger partial charge in [-0.25, -0.2) is 8.42 Å². The Morgan fingerprint density at radius 3 is 2.90 bits per heavy atom. The Labute approximate surface area is 121 Å². The van der Waals surface area contributed by atoms with Crippen molar-refractivity contribution in [3.63, 3.8) is 0 Å². The summed E-state index contributed by atoms with van der Waals surface area (Å²) in [6, 6.07) is 0. The Morgan fingerprint density at radius 2 is 2.35 bits per heavy atom. The molecule has 2 heterocycles. The zero-order valence-electron chi connectivity index (χ0n) is 11.0. The molecule has 20 heavy (non-hydrogen) atoms. The molecule has 1 aromatic heterocycles. The highest BCUT2D eigenvalue weighted by Crippen LogP contribution is 2.23. The molecule has 2 N–H and O–H groups in total. The third-order valence-corrected chi connectivity index (χ3v) is 4.51. The summed E-state index contributed by atoms with van der Waals surface area (Å²) in [5, 5.41) is 8.91. The van der Waals surface area contributed by atoms with Crippen LogP contribution in [0.25, 0.3) is 0 Å². The summed E-state index contributed by atoms with van der Waals surface area (Å²) < 4.78 is 28.5. The Bertz CT molecular complexity index is 593. The van der Waals surface area contributed by atoms with Gasteiger partial charge in [-0.05, 0) is 19.3 Å². The van der Waals surface area contributed by atoms with Gasteiger partial charge in [0.1, 0.15) is 4.90 Å². The fourth-order valence-corrected chi connectivity index (χ4v) is 3.47. The summed E-state index contributed by atoms with van der Waals surface area (Å²) in [4.78, 5) is 11.8. The number of ether oxygens (including phenoxy) is 1. The van der Waals surface area contributed by atoms with E-state index in [-0.39, 0.29) is 16.7 Å². The number of aryl methyl sites for hydroxylation is 1. The molecule has 0 radical (unpaired) electrons. The first-order valence-corrected chi connectivity index (χ1v) is 8.66. The number of carbonyl (C=O) groups excluding carboxylic acids is 1. The Kier molecular flexibility index (Phi) is 4.66. The number of amides is 1. The van der Waals surface area contributed by atoms with E-state index < -0.39 is 15.0 Å². The number of H-pyrrole nitrogens is 1. The topological polar surface area (TPSA) is 101 Å². The number of nitrogens with zero attached hydrogens (tertiary/aromatic N) is 1. The van der Waals surface area contributed by atoms with Crippen LogP contribution in [0.15, 0.2) is 4.90 Å². The van der Waals surface area contributed by atoms with E-state index in [9.17, 15) is 13.2 Å². The average Bonchev–Trinajstić information content (AvgIpc) is 3.03. The predicted molar refractivity (Wildman–Crippen MR) is 72.3 cm³/mol. The average molecular weight is 322 g/mol. The standard InChI is InChI=1S/C11H16ClN3O4S/c1-2-8-10(20(12,17)18)9(15-14-8)11(16)13-6-7-4-3-5-19-7/h7H,2-6H2,1H3,(H,13,16)(H,14,15). The van der Waals surface area contributed by atoms with Gasteiger partial charge in [-0.2, -0.15) is 5.10 Å². The Morgan fingerprint density at radius 1 is 1.60 bits per heavy atom. The second-order valence-electron chi connectivity index (χ2n) is 4.52. The van der Waals surface area contributed by atoms with E-state index >= 15 is 0 Å². The molecule has 9 heteroatoms. The third-order valence-electron chi connectivity index (χ3n) is 3.12. The minimum absolute atomic E-state index is 0.0282. The molecule has 7 nitrogen and oxygen atoms in total. The van der Waals surface area contributed by atoms with Crippen LogP contribution < -0.4 is 5.32 Å². The molecule has 1 unspecified atom stereocenters. The van der Waals surface area contributed by atoms with Crippen molar-refractivity contribution in [3.05, 3.63) is 11.4 Å². The maximum Gasteiger partial charge on any atom is 0.273 e. The summed E-state index contributed by atoms with van der Waals surface area (Å²) in [5.41, 5.74) is 0.122.